The van der Waals surface area contributed by atoms with Crippen molar-refractivity contribution in [3.63, 3.8) is 0 Å². The molecule has 0 radical (unpaired) electrons. The van der Waals surface area contributed by atoms with Crippen LogP contribution in [0.2, 0.25) is 0 Å². The molecule has 2 rings (SSSR count). The normalized spacial score (nSPS) is 10.1. The molecule has 0 atom stereocenters. The monoisotopic (exact) mass is 290 g/mol. The zero-order chi connectivity index (χ0) is 14.5. The van der Waals surface area contributed by atoms with Gasteiger partial charge >= 0.3 is 0 Å². The Morgan fingerprint density at radius 2 is 1.95 bits per heavy atom. The summed E-state index contributed by atoms with van der Waals surface area (Å²) < 4.78 is 5.57. The Hall–Kier alpha value is -2.21. The summed E-state index contributed by atoms with van der Waals surface area (Å²) in [7, 11) is 0. The zero-order valence-electron chi connectivity index (χ0n) is 11.2. The molecule has 0 bridgehead atoms. The SMILES string of the molecule is CC(=O)Nc1nc(COc2ccc(C(C)=O)cc2)cs1. The van der Waals surface area contributed by atoms with Crippen molar-refractivity contribution >= 4 is 28.2 Å². The Bertz CT molecular complexity index is 620. The molecule has 5 nitrogen and oxygen atoms in total. The number of Topliss-reactive ketones (excluding diaryl/α,β-unsaturated/α-hetero) is 1. The number of carbonyl (C=O) groups is 2. The highest BCUT2D eigenvalue weighted by molar-refractivity contribution is 7.13. The smallest absolute Gasteiger partial charge is 0.223 e. The van der Waals surface area contributed by atoms with Gasteiger partial charge < -0.3 is 10.1 Å². The maximum absolute atomic E-state index is 11.1. The number of rotatable bonds is 5. The highest BCUT2D eigenvalue weighted by Crippen LogP contribution is 2.18. The van der Waals surface area contributed by atoms with Crippen LogP contribution >= 0.6 is 11.3 Å². The van der Waals surface area contributed by atoms with E-state index in [0.29, 0.717) is 23.1 Å². The van der Waals surface area contributed by atoms with Crippen LogP contribution in [0.5, 0.6) is 5.75 Å². The quantitative estimate of drug-likeness (QED) is 0.860. The van der Waals surface area contributed by atoms with Crippen molar-refractivity contribution in [1.82, 2.24) is 4.98 Å². The topological polar surface area (TPSA) is 68.3 Å². The molecule has 0 unspecified atom stereocenters. The molecule has 1 heterocycles. The van der Waals surface area contributed by atoms with Crippen LogP contribution in [0.25, 0.3) is 0 Å². The zero-order valence-corrected chi connectivity index (χ0v) is 12.0. The number of aromatic nitrogens is 1. The van der Waals surface area contributed by atoms with Crippen molar-refractivity contribution in [2.45, 2.75) is 20.5 Å². The second kappa shape index (κ2) is 6.29. The molecule has 1 N–H and O–H groups in total. The maximum atomic E-state index is 11.1. The maximum Gasteiger partial charge on any atom is 0.223 e. The summed E-state index contributed by atoms with van der Waals surface area (Å²) in [6.45, 7) is 3.28. The van der Waals surface area contributed by atoms with Gasteiger partial charge in [0.25, 0.3) is 0 Å². The Morgan fingerprint density at radius 1 is 1.25 bits per heavy atom. The highest BCUT2D eigenvalue weighted by atomic mass is 32.1. The van der Waals surface area contributed by atoms with Gasteiger partial charge in [0.2, 0.25) is 5.91 Å². The van der Waals surface area contributed by atoms with E-state index in [4.69, 9.17) is 4.74 Å². The first-order chi connectivity index (χ1) is 9.54. The van der Waals surface area contributed by atoms with E-state index in [9.17, 15) is 9.59 Å². The highest BCUT2D eigenvalue weighted by Gasteiger charge is 2.05. The molecule has 0 saturated heterocycles. The second-order valence-corrected chi connectivity index (χ2v) is 5.05. The van der Waals surface area contributed by atoms with Crippen LogP contribution in [0.3, 0.4) is 0 Å². The van der Waals surface area contributed by atoms with E-state index < -0.39 is 0 Å². The lowest BCUT2D eigenvalue weighted by Crippen LogP contribution is -2.05. The molecule has 1 aromatic carbocycles. The number of carbonyl (C=O) groups excluding carboxylic acids is 2. The van der Waals surface area contributed by atoms with Gasteiger partial charge in [0.1, 0.15) is 12.4 Å². The minimum absolute atomic E-state index is 0.0241. The third kappa shape index (κ3) is 3.89. The van der Waals surface area contributed by atoms with Crippen LogP contribution in [-0.2, 0) is 11.4 Å². The Labute approximate surface area is 120 Å². The Balaban J connectivity index is 1.93. The number of ether oxygens (including phenoxy) is 1. The lowest BCUT2D eigenvalue weighted by atomic mass is 10.1. The van der Waals surface area contributed by atoms with E-state index in [1.165, 1.54) is 25.2 Å². The average molecular weight is 290 g/mol. The second-order valence-electron chi connectivity index (χ2n) is 4.19. The molecular weight excluding hydrogens is 276 g/mol. The minimum Gasteiger partial charge on any atom is -0.487 e. The van der Waals surface area contributed by atoms with Crippen molar-refractivity contribution in [2.24, 2.45) is 0 Å². The summed E-state index contributed by atoms with van der Waals surface area (Å²) in [5.41, 5.74) is 1.40. The lowest BCUT2D eigenvalue weighted by molar-refractivity contribution is -0.114. The molecule has 6 heteroatoms. The van der Waals surface area contributed by atoms with Gasteiger partial charge in [-0.1, -0.05) is 0 Å². The predicted molar refractivity (Wildman–Crippen MR) is 77.2 cm³/mol. The van der Waals surface area contributed by atoms with Crippen molar-refractivity contribution in [1.29, 1.82) is 0 Å². The van der Waals surface area contributed by atoms with E-state index in [0.717, 1.165) is 5.69 Å². The number of nitrogens with zero attached hydrogens (tertiary/aromatic N) is 1. The van der Waals surface area contributed by atoms with Gasteiger partial charge in [-0.25, -0.2) is 4.98 Å². The van der Waals surface area contributed by atoms with E-state index >= 15 is 0 Å². The Kier molecular flexibility index (Phi) is 4.47. The number of amides is 1. The number of ketones is 1. The molecule has 1 amide bonds. The van der Waals surface area contributed by atoms with Crippen molar-refractivity contribution in [2.75, 3.05) is 5.32 Å². The van der Waals surface area contributed by atoms with Gasteiger partial charge in [-0.2, -0.15) is 0 Å². The van der Waals surface area contributed by atoms with Crippen LogP contribution in [0.1, 0.15) is 29.9 Å². The fraction of sp³-hybridized carbons (Fsp3) is 0.214. The first kappa shape index (κ1) is 14.2. The first-order valence-electron chi connectivity index (χ1n) is 6.00. The average Bonchev–Trinajstić information content (AvgIpc) is 2.83. The van der Waals surface area contributed by atoms with Gasteiger partial charge in [-0.15, -0.1) is 11.3 Å². The molecule has 2 aromatic rings. The first-order valence-corrected chi connectivity index (χ1v) is 6.88. The largest absolute Gasteiger partial charge is 0.487 e. The number of nitrogens with one attached hydrogen (secondary N) is 1. The number of hydrogen-bond donors (Lipinski definition) is 1. The van der Waals surface area contributed by atoms with Gasteiger partial charge in [0.05, 0.1) is 5.69 Å². The van der Waals surface area contributed by atoms with Crippen molar-refractivity contribution in [3.8, 4) is 5.75 Å². The molecule has 104 valence electrons. The van der Waals surface area contributed by atoms with Crippen LogP contribution < -0.4 is 10.1 Å². The van der Waals surface area contributed by atoms with Crippen LogP contribution in [0.15, 0.2) is 29.6 Å². The standard InChI is InChI=1S/C14H14N2O3S/c1-9(17)11-3-5-13(6-4-11)19-7-12-8-20-14(16-12)15-10(2)18/h3-6,8H,7H2,1-2H3,(H,15,16,18). The van der Waals surface area contributed by atoms with E-state index in [1.807, 2.05) is 5.38 Å². The minimum atomic E-state index is -0.147. The van der Waals surface area contributed by atoms with E-state index in [2.05, 4.69) is 10.3 Å². The number of hydrogen-bond acceptors (Lipinski definition) is 5. The third-order valence-corrected chi connectivity index (χ3v) is 3.29. The summed E-state index contributed by atoms with van der Waals surface area (Å²) in [6, 6.07) is 6.94. The van der Waals surface area contributed by atoms with Gasteiger partial charge in [-0.05, 0) is 31.2 Å². The molecule has 0 aliphatic rings. The third-order valence-electron chi connectivity index (χ3n) is 2.48. The molecule has 0 fully saturated rings. The van der Waals surface area contributed by atoms with Gasteiger partial charge in [0, 0.05) is 17.9 Å². The van der Waals surface area contributed by atoms with Crippen LogP contribution in [0.4, 0.5) is 5.13 Å². The molecule has 0 saturated carbocycles. The summed E-state index contributed by atoms with van der Waals surface area (Å²) in [4.78, 5) is 26.2. The summed E-state index contributed by atoms with van der Waals surface area (Å²) in [5.74, 6) is 0.548. The van der Waals surface area contributed by atoms with Crippen LogP contribution in [-0.4, -0.2) is 16.7 Å². The number of anilines is 1. The summed E-state index contributed by atoms with van der Waals surface area (Å²) in [5, 5.41) is 5.01. The molecule has 0 aliphatic heterocycles. The van der Waals surface area contributed by atoms with Crippen molar-refractivity contribution in [3.05, 3.63) is 40.9 Å². The number of thiazole rings is 1. The van der Waals surface area contributed by atoms with Crippen LogP contribution in [0, 0.1) is 0 Å². The molecule has 0 spiro atoms. The predicted octanol–water partition coefficient (Wildman–Crippen LogP) is 2.88. The van der Waals surface area contributed by atoms with E-state index in [1.54, 1.807) is 24.3 Å². The van der Waals surface area contributed by atoms with E-state index in [-0.39, 0.29) is 11.7 Å². The van der Waals surface area contributed by atoms with Gasteiger partial charge in [-0.3, -0.25) is 9.59 Å². The molecular formula is C14H14N2O3S. The molecule has 0 aliphatic carbocycles. The Morgan fingerprint density at radius 3 is 2.55 bits per heavy atom. The van der Waals surface area contributed by atoms with Crippen molar-refractivity contribution < 1.29 is 14.3 Å². The lowest BCUT2D eigenvalue weighted by Gasteiger charge is -2.04. The number of benzene rings is 1. The fourth-order valence-corrected chi connectivity index (χ4v) is 2.27. The fourth-order valence-electron chi connectivity index (χ4n) is 1.52. The summed E-state index contributed by atoms with van der Waals surface area (Å²) >= 11 is 1.35. The summed E-state index contributed by atoms with van der Waals surface area (Å²) in [6.07, 6.45) is 0. The molecule has 1 aromatic heterocycles. The van der Waals surface area contributed by atoms with Gasteiger partial charge in [0.15, 0.2) is 10.9 Å². The molecule has 20 heavy (non-hydrogen) atoms.